The maximum Gasteiger partial charge on any atom is 0.191 e. The van der Waals surface area contributed by atoms with Crippen LogP contribution in [0.3, 0.4) is 0 Å². The van der Waals surface area contributed by atoms with Gasteiger partial charge in [-0.25, -0.2) is 0 Å². The number of nitrogens with zero attached hydrogens (tertiary/aromatic N) is 4. The lowest BCUT2D eigenvalue weighted by atomic mass is 9.79. The molecule has 1 fully saturated rings. The Hall–Kier alpha value is -1.28. The normalized spacial score (nSPS) is 15.7. The summed E-state index contributed by atoms with van der Waals surface area (Å²) < 4.78 is 2.39. The Morgan fingerprint density at radius 3 is 2.53 bits per heavy atom. The zero-order valence-electron chi connectivity index (χ0n) is 19.4. The van der Waals surface area contributed by atoms with Crippen molar-refractivity contribution in [3.05, 3.63) is 5.82 Å². The molecule has 0 radical (unpaired) electrons. The largest absolute Gasteiger partial charge is 0.396 e. The minimum Gasteiger partial charge on any atom is -0.396 e. The Bertz CT molecular complexity index is 638. The van der Waals surface area contributed by atoms with Gasteiger partial charge in [0.05, 0.1) is 0 Å². The van der Waals surface area contributed by atoms with E-state index in [1.165, 1.54) is 25.7 Å². The summed E-state index contributed by atoms with van der Waals surface area (Å²) in [6, 6.07) is 0.576. The fraction of sp³-hybridized carbons (Fsp3) is 0.864. The lowest BCUT2D eigenvalue weighted by Gasteiger charge is -2.29. The van der Waals surface area contributed by atoms with Gasteiger partial charge < -0.3 is 20.3 Å². The van der Waals surface area contributed by atoms with Crippen molar-refractivity contribution in [1.82, 2.24) is 25.4 Å². The molecule has 1 aliphatic carbocycles. The number of rotatable bonds is 13. The molecule has 0 atom stereocenters. The van der Waals surface area contributed by atoms with E-state index in [1.807, 2.05) is 0 Å². The van der Waals surface area contributed by atoms with Gasteiger partial charge >= 0.3 is 0 Å². The monoisotopic (exact) mass is 438 g/mol. The van der Waals surface area contributed by atoms with Crippen LogP contribution in [0.1, 0.15) is 84.0 Å². The van der Waals surface area contributed by atoms with Gasteiger partial charge in [0.15, 0.2) is 11.1 Å². The topological polar surface area (TPSA) is 87.4 Å². The summed E-state index contributed by atoms with van der Waals surface area (Å²) in [6.45, 7) is 9.12. The van der Waals surface area contributed by atoms with E-state index in [4.69, 9.17) is 4.99 Å². The van der Waals surface area contributed by atoms with Crippen LogP contribution in [-0.2, 0) is 6.42 Å². The predicted molar refractivity (Wildman–Crippen MR) is 126 cm³/mol. The molecule has 172 valence electrons. The lowest BCUT2D eigenvalue weighted by Crippen LogP contribution is -2.39. The maximum atomic E-state index is 9.44. The third kappa shape index (κ3) is 6.87. The summed E-state index contributed by atoms with van der Waals surface area (Å²) in [5.74, 6) is 1.98. The van der Waals surface area contributed by atoms with Crippen molar-refractivity contribution >= 4 is 17.7 Å². The van der Waals surface area contributed by atoms with E-state index in [1.54, 1.807) is 11.8 Å². The number of aliphatic imine (C=N–C) groups is 1. The maximum absolute atomic E-state index is 9.44. The van der Waals surface area contributed by atoms with E-state index in [0.717, 1.165) is 68.7 Å². The molecule has 3 N–H and O–H groups in total. The molecule has 0 amide bonds. The summed E-state index contributed by atoms with van der Waals surface area (Å²) in [7, 11) is 0. The van der Waals surface area contributed by atoms with Gasteiger partial charge in [0, 0.05) is 38.7 Å². The molecular weight excluding hydrogens is 396 g/mol. The van der Waals surface area contributed by atoms with Crippen LogP contribution in [-0.4, -0.2) is 58.3 Å². The van der Waals surface area contributed by atoms with Crippen molar-refractivity contribution in [1.29, 1.82) is 0 Å². The average molecular weight is 439 g/mol. The van der Waals surface area contributed by atoms with Gasteiger partial charge in [-0.05, 0) is 57.1 Å². The quantitative estimate of drug-likeness (QED) is 0.188. The van der Waals surface area contributed by atoms with E-state index >= 15 is 0 Å². The summed E-state index contributed by atoms with van der Waals surface area (Å²) in [5, 5.41) is 26.2. The Kier molecular flexibility index (Phi) is 11.0. The highest BCUT2D eigenvalue weighted by Gasteiger charge is 2.25. The van der Waals surface area contributed by atoms with Crippen molar-refractivity contribution < 1.29 is 5.11 Å². The van der Waals surface area contributed by atoms with Crippen molar-refractivity contribution in [2.45, 2.75) is 89.8 Å². The van der Waals surface area contributed by atoms with Gasteiger partial charge in [-0.3, -0.25) is 4.99 Å². The molecule has 2 rings (SSSR count). The third-order valence-electron chi connectivity index (χ3n) is 6.54. The summed E-state index contributed by atoms with van der Waals surface area (Å²) in [4.78, 5) is 4.84. The number of aryl methyl sites for hydroxylation is 1. The van der Waals surface area contributed by atoms with E-state index in [2.05, 4.69) is 52.4 Å². The van der Waals surface area contributed by atoms with Gasteiger partial charge in [-0.1, -0.05) is 38.5 Å². The first-order valence-electron chi connectivity index (χ1n) is 11.7. The van der Waals surface area contributed by atoms with Crippen LogP contribution in [0.2, 0.25) is 0 Å². The lowest BCUT2D eigenvalue weighted by molar-refractivity contribution is 0.175. The Balaban J connectivity index is 1.91. The molecule has 1 saturated carbocycles. The van der Waals surface area contributed by atoms with Gasteiger partial charge in [0.2, 0.25) is 0 Å². The Morgan fingerprint density at radius 2 is 1.93 bits per heavy atom. The zero-order chi connectivity index (χ0) is 21.8. The summed E-state index contributed by atoms with van der Waals surface area (Å²) >= 11 is 1.70. The second-order valence-electron chi connectivity index (χ2n) is 8.32. The van der Waals surface area contributed by atoms with Crippen LogP contribution in [0.25, 0.3) is 0 Å². The second-order valence-corrected chi connectivity index (χ2v) is 9.09. The fourth-order valence-electron chi connectivity index (χ4n) is 4.33. The van der Waals surface area contributed by atoms with E-state index in [9.17, 15) is 5.11 Å². The SMILES string of the molecule is CCNC(=NCC(CC)(CC)CCO)NCCCc1nnc(SC)n1C1CCCC1. The molecule has 0 bridgehead atoms. The Morgan fingerprint density at radius 1 is 1.20 bits per heavy atom. The van der Waals surface area contributed by atoms with E-state index in [0.29, 0.717) is 6.04 Å². The molecule has 30 heavy (non-hydrogen) atoms. The number of thioether (sulfide) groups is 1. The van der Waals surface area contributed by atoms with Crippen molar-refractivity contribution in [3.8, 4) is 0 Å². The molecular formula is C22H42N6OS. The van der Waals surface area contributed by atoms with Crippen LogP contribution in [0.5, 0.6) is 0 Å². The number of nitrogens with one attached hydrogen (secondary N) is 2. The van der Waals surface area contributed by atoms with Crippen molar-refractivity contribution in [3.63, 3.8) is 0 Å². The molecule has 1 aromatic heterocycles. The van der Waals surface area contributed by atoms with Crippen LogP contribution >= 0.6 is 11.8 Å². The number of aliphatic hydroxyl groups is 1. The molecule has 0 unspecified atom stereocenters. The highest BCUT2D eigenvalue weighted by Crippen LogP contribution is 2.33. The molecule has 1 heterocycles. The molecule has 8 heteroatoms. The van der Waals surface area contributed by atoms with E-state index in [-0.39, 0.29) is 12.0 Å². The van der Waals surface area contributed by atoms with Crippen LogP contribution in [0.15, 0.2) is 10.1 Å². The predicted octanol–water partition coefficient (Wildman–Crippen LogP) is 3.79. The molecule has 0 saturated heterocycles. The highest BCUT2D eigenvalue weighted by atomic mass is 32.2. The van der Waals surface area contributed by atoms with Crippen molar-refractivity contribution in [2.24, 2.45) is 10.4 Å². The van der Waals surface area contributed by atoms with Gasteiger partial charge in [-0.15, -0.1) is 10.2 Å². The summed E-state index contributed by atoms with van der Waals surface area (Å²) in [5.41, 5.74) is 0.0863. The Labute approximate surface area is 186 Å². The minimum atomic E-state index is 0.0863. The van der Waals surface area contributed by atoms with Crippen LogP contribution in [0.4, 0.5) is 0 Å². The van der Waals surface area contributed by atoms with Crippen molar-refractivity contribution in [2.75, 3.05) is 32.5 Å². The molecule has 1 aromatic rings. The van der Waals surface area contributed by atoms with Gasteiger partial charge in [0.1, 0.15) is 5.82 Å². The average Bonchev–Trinajstić information content (AvgIpc) is 3.43. The number of hydrogen-bond acceptors (Lipinski definition) is 5. The first kappa shape index (κ1) is 25.0. The van der Waals surface area contributed by atoms with Crippen LogP contribution in [0, 0.1) is 5.41 Å². The first-order chi connectivity index (χ1) is 14.6. The molecule has 7 nitrogen and oxygen atoms in total. The minimum absolute atomic E-state index is 0.0863. The standard InChI is InChI=1S/C22H42N6OS/c1-5-22(6-2,14-16-29)17-25-20(23-7-3)24-15-10-13-19-26-27-21(30-4)28(19)18-11-8-9-12-18/h18,29H,5-17H2,1-4H3,(H2,23,24,25). The molecule has 0 aromatic carbocycles. The highest BCUT2D eigenvalue weighted by molar-refractivity contribution is 7.98. The number of aromatic nitrogens is 3. The molecule has 1 aliphatic rings. The van der Waals surface area contributed by atoms with Crippen LogP contribution < -0.4 is 10.6 Å². The van der Waals surface area contributed by atoms with E-state index < -0.39 is 0 Å². The second kappa shape index (κ2) is 13.2. The van der Waals surface area contributed by atoms with Gasteiger partial charge in [-0.2, -0.15) is 0 Å². The smallest absolute Gasteiger partial charge is 0.191 e. The summed E-state index contributed by atoms with van der Waals surface area (Å²) in [6.07, 6.45) is 12.0. The molecule has 0 spiro atoms. The number of hydrogen-bond donors (Lipinski definition) is 3. The van der Waals surface area contributed by atoms with Gasteiger partial charge in [0.25, 0.3) is 0 Å². The molecule has 0 aliphatic heterocycles. The number of guanidine groups is 1. The number of aliphatic hydroxyl groups excluding tert-OH is 1. The third-order valence-corrected chi connectivity index (χ3v) is 7.18. The zero-order valence-corrected chi connectivity index (χ0v) is 20.2. The first-order valence-corrected chi connectivity index (χ1v) is 13.0. The fourth-order valence-corrected chi connectivity index (χ4v) is 4.91.